The van der Waals surface area contributed by atoms with Crippen molar-refractivity contribution < 1.29 is 19.1 Å². The van der Waals surface area contributed by atoms with E-state index in [1.165, 1.54) is 6.08 Å². The lowest BCUT2D eigenvalue weighted by Gasteiger charge is -2.26. The average Bonchev–Trinajstić information content (AvgIpc) is 2.79. The summed E-state index contributed by atoms with van der Waals surface area (Å²) in [6.45, 7) is 4.08. The van der Waals surface area contributed by atoms with Gasteiger partial charge in [0.15, 0.2) is 6.61 Å². The molecule has 1 amide bonds. The van der Waals surface area contributed by atoms with Crippen molar-refractivity contribution in [2.75, 3.05) is 13.7 Å². The Morgan fingerprint density at radius 2 is 1.68 bits per heavy atom. The summed E-state index contributed by atoms with van der Waals surface area (Å²) in [5.74, 6) is 0.0265. The Hall–Kier alpha value is -3.60. The Balaban J connectivity index is 1.57. The predicted molar refractivity (Wildman–Crippen MR) is 123 cm³/mol. The second-order valence-electron chi connectivity index (χ2n) is 7.51. The van der Waals surface area contributed by atoms with Crippen LogP contribution in [0, 0.1) is 0 Å². The van der Waals surface area contributed by atoms with E-state index in [0.29, 0.717) is 6.54 Å². The maximum absolute atomic E-state index is 12.6. The van der Waals surface area contributed by atoms with Gasteiger partial charge in [-0.05, 0) is 60.0 Å². The first kappa shape index (κ1) is 22.1. The number of hydrogen-bond acceptors (Lipinski definition) is 4. The molecule has 5 nitrogen and oxygen atoms in total. The first-order chi connectivity index (χ1) is 15.0. The summed E-state index contributed by atoms with van der Waals surface area (Å²) in [7, 11) is 1.64. The van der Waals surface area contributed by atoms with Crippen LogP contribution in [0.2, 0.25) is 0 Å². The normalized spacial score (nSPS) is 11.1. The lowest BCUT2D eigenvalue weighted by atomic mass is 10.1. The number of fused-ring (bicyclic) bond motifs is 1. The maximum atomic E-state index is 12.6. The summed E-state index contributed by atoms with van der Waals surface area (Å²) < 4.78 is 10.4. The van der Waals surface area contributed by atoms with Crippen LogP contribution in [0.5, 0.6) is 5.75 Å². The molecular formula is C26H27NO4. The standard InChI is InChI=1S/C26H27NO4/c1-19(2)27(17-21-7-5-4-6-8-21)25(28)18-31-26(29)14-10-20-9-11-23-16-24(30-3)13-12-22(23)15-20/h4-16,19H,17-18H2,1-3H3/b14-10+. The second kappa shape index (κ2) is 10.4. The van der Waals surface area contributed by atoms with Gasteiger partial charge in [-0.3, -0.25) is 4.79 Å². The first-order valence-electron chi connectivity index (χ1n) is 10.2. The summed E-state index contributed by atoms with van der Waals surface area (Å²) in [5.41, 5.74) is 1.90. The van der Waals surface area contributed by atoms with Gasteiger partial charge in [0, 0.05) is 18.7 Å². The molecule has 3 rings (SSSR count). The smallest absolute Gasteiger partial charge is 0.331 e. The van der Waals surface area contributed by atoms with Crippen LogP contribution in [-0.2, 0) is 20.9 Å². The summed E-state index contributed by atoms with van der Waals surface area (Å²) in [6, 6.07) is 21.4. The third kappa shape index (κ3) is 6.19. The summed E-state index contributed by atoms with van der Waals surface area (Å²) in [5, 5.41) is 2.09. The highest BCUT2D eigenvalue weighted by atomic mass is 16.5. The number of benzene rings is 3. The number of hydrogen-bond donors (Lipinski definition) is 0. The molecule has 0 saturated heterocycles. The van der Waals surface area contributed by atoms with Crippen LogP contribution in [0.4, 0.5) is 0 Å². The Morgan fingerprint density at radius 3 is 2.39 bits per heavy atom. The molecule has 3 aromatic carbocycles. The van der Waals surface area contributed by atoms with Gasteiger partial charge in [0.1, 0.15) is 5.75 Å². The van der Waals surface area contributed by atoms with Crippen LogP contribution in [0.25, 0.3) is 16.8 Å². The minimum Gasteiger partial charge on any atom is -0.497 e. The SMILES string of the molecule is COc1ccc2cc(/C=C/C(=O)OCC(=O)N(Cc3ccccc3)C(C)C)ccc2c1. The molecule has 0 aliphatic rings. The van der Waals surface area contributed by atoms with E-state index in [2.05, 4.69) is 0 Å². The van der Waals surface area contributed by atoms with Crippen LogP contribution < -0.4 is 4.74 Å². The number of ether oxygens (including phenoxy) is 2. The highest BCUT2D eigenvalue weighted by Gasteiger charge is 2.18. The fourth-order valence-electron chi connectivity index (χ4n) is 3.24. The topological polar surface area (TPSA) is 55.8 Å². The molecule has 160 valence electrons. The number of methoxy groups -OCH3 is 1. The highest BCUT2D eigenvalue weighted by molar-refractivity contribution is 5.91. The second-order valence-corrected chi connectivity index (χ2v) is 7.51. The van der Waals surface area contributed by atoms with Crippen LogP contribution >= 0.6 is 0 Å². The van der Waals surface area contributed by atoms with Crippen LogP contribution in [0.3, 0.4) is 0 Å². The van der Waals surface area contributed by atoms with Crippen molar-refractivity contribution in [1.29, 1.82) is 0 Å². The summed E-state index contributed by atoms with van der Waals surface area (Å²) >= 11 is 0. The van der Waals surface area contributed by atoms with Crippen molar-refractivity contribution in [2.24, 2.45) is 0 Å². The summed E-state index contributed by atoms with van der Waals surface area (Å²) in [6.07, 6.45) is 3.02. The van der Waals surface area contributed by atoms with Crippen LogP contribution in [0.15, 0.2) is 72.8 Å². The molecule has 0 aromatic heterocycles. The number of esters is 1. The number of carbonyl (C=O) groups is 2. The fraction of sp³-hybridized carbons (Fsp3) is 0.231. The lowest BCUT2D eigenvalue weighted by molar-refractivity contribution is -0.149. The van der Waals surface area contributed by atoms with Gasteiger partial charge in [0.25, 0.3) is 5.91 Å². The van der Waals surface area contributed by atoms with E-state index in [1.54, 1.807) is 18.1 Å². The van der Waals surface area contributed by atoms with Crippen molar-refractivity contribution >= 4 is 28.7 Å². The van der Waals surface area contributed by atoms with Crippen molar-refractivity contribution in [2.45, 2.75) is 26.4 Å². The molecule has 0 N–H and O–H groups in total. The molecule has 0 saturated carbocycles. The molecule has 5 heteroatoms. The molecule has 0 heterocycles. The Labute approximate surface area is 182 Å². The van der Waals surface area contributed by atoms with E-state index in [-0.39, 0.29) is 18.6 Å². The van der Waals surface area contributed by atoms with Gasteiger partial charge in [-0.2, -0.15) is 0 Å². The van der Waals surface area contributed by atoms with Crippen LogP contribution in [0.1, 0.15) is 25.0 Å². The predicted octanol–water partition coefficient (Wildman–Crippen LogP) is 4.84. The molecule has 31 heavy (non-hydrogen) atoms. The molecule has 0 fully saturated rings. The van der Waals surface area contributed by atoms with Gasteiger partial charge in [0.2, 0.25) is 0 Å². The monoisotopic (exact) mass is 417 g/mol. The Bertz CT molecular complexity index is 1070. The van der Waals surface area contributed by atoms with Crippen LogP contribution in [-0.4, -0.2) is 36.5 Å². The third-order valence-corrected chi connectivity index (χ3v) is 4.96. The van der Waals surface area contributed by atoms with Crippen molar-refractivity contribution in [3.05, 3.63) is 83.9 Å². The zero-order valence-electron chi connectivity index (χ0n) is 18.1. The zero-order valence-corrected chi connectivity index (χ0v) is 18.1. The number of rotatable bonds is 8. The van der Waals surface area contributed by atoms with Crippen molar-refractivity contribution in [3.8, 4) is 5.75 Å². The number of carbonyl (C=O) groups excluding carboxylic acids is 2. The Kier molecular flexibility index (Phi) is 7.44. The van der Waals surface area contributed by atoms with Crippen molar-refractivity contribution in [3.63, 3.8) is 0 Å². The van der Waals surface area contributed by atoms with E-state index in [4.69, 9.17) is 9.47 Å². The number of nitrogens with zero attached hydrogens (tertiary/aromatic N) is 1. The number of amides is 1. The minimum absolute atomic E-state index is 0.00169. The molecule has 0 aliphatic heterocycles. The van der Waals surface area contributed by atoms with E-state index < -0.39 is 5.97 Å². The first-order valence-corrected chi connectivity index (χ1v) is 10.2. The lowest BCUT2D eigenvalue weighted by Crippen LogP contribution is -2.39. The van der Waals surface area contributed by atoms with Gasteiger partial charge in [-0.15, -0.1) is 0 Å². The minimum atomic E-state index is -0.549. The molecule has 0 atom stereocenters. The van der Waals surface area contributed by atoms with Gasteiger partial charge in [0.05, 0.1) is 7.11 Å². The molecule has 0 radical (unpaired) electrons. The molecule has 0 bridgehead atoms. The maximum Gasteiger partial charge on any atom is 0.331 e. The van der Waals surface area contributed by atoms with E-state index in [9.17, 15) is 9.59 Å². The highest BCUT2D eigenvalue weighted by Crippen LogP contribution is 2.22. The average molecular weight is 418 g/mol. The van der Waals surface area contributed by atoms with Gasteiger partial charge < -0.3 is 14.4 Å². The molecular weight excluding hydrogens is 390 g/mol. The van der Waals surface area contributed by atoms with Gasteiger partial charge >= 0.3 is 5.97 Å². The summed E-state index contributed by atoms with van der Waals surface area (Å²) in [4.78, 5) is 26.4. The van der Waals surface area contributed by atoms with Gasteiger partial charge in [-0.25, -0.2) is 4.79 Å². The zero-order chi connectivity index (χ0) is 22.2. The van der Waals surface area contributed by atoms with E-state index in [1.807, 2.05) is 80.6 Å². The van der Waals surface area contributed by atoms with E-state index in [0.717, 1.165) is 27.6 Å². The fourth-order valence-corrected chi connectivity index (χ4v) is 3.24. The molecule has 3 aromatic rings. The molecule has 0 unspecified atom stereocenters. The molecule has 0 aliphatic carbocycles. The largest absolute Gasteiger partial charge is 0.497 e. The quantitative estimate of drug-likeness (QED) is 0.389. The van der Waals surface area contributed by atoms with Gasteiger partial charge in [-0.1, -0.05) is 48.5 Å². The molecule has 0 spiro atoms. The Morgan fingerprint density at radius 1 is 0.968 bits per heavy atom. The van der Waals surface area contributed by atoms with Crippen molar-refractivity contribution in [1.82, 2.24) is 4.90 Å². The third-order valence-electron chi connectivity index (χ3n) is 4.96. The van der Waals surface area contributed by atoms with E-state index >= 15 is 0 Å².